The minimum atomic E-state index is -4.95. The molecule has 0 aromatic carbocycles. The van der Waals surface area contributed by atoms with Crippen LogP contribution < -0.4 is 0 Å². The zero-order valence-corrected chi connectivity index (χ0v) is 60.8. The molecule has 0 aliphatic heterocycles. The van der Waals surface area contributed by atoms with Gasteiger partial charge in [0.25, 0.3) is 0 Å². The van der Waals surface area contributed by atoms with Crippen molar-refractivity contribution < 1.29 is 80.2 Å². The Bertz CT molecular complexity index is 1750. The van der Waals surface area contributed by atoms with Crippen LogP contribution in [0.2, 0.25) is 0 Å². The average molecular weight is 1340 g/mol. The van der Waals surface area contributed by atoms with E-state index in [1.54, 1.807) is 0 Å². The average Bonchev–Trinajstić information content (AvgIpc) is 3.60. The molecule has 0 saturated carbocycles. The molecule has 0 aliphatic rings. The van der Waals surface area contributed by atoms with E-state index in [2.05, 4.69) is 34.6 Å². The summed E-state index contributed by atoms with van der Waals surface area (Å²) in [5.41, 5.74) is 0. The molecule has 19 heteroatoms. The summed E-state index contributed by atoms with van der Waals surface area (Å²) >= 11 is 0. The molecule has 0 spiro atoms. The molecule has 0 aromatic rings. The first-order valence-corrected chi connectivity index (χ1v) is 40.6. The summed E-state index contributed by atoms with van der Waals surface area (Å²) in [6.07, 6.45) is 52.5. The van der Waals surface area contributed by atoms with E-state index in [9.17, 15) is 43.2 Å². The van der Waals surface area contributed by atoms with E-state index in [1.165, 1.54) is 199 Å². The summed E-state index contributed by atoms with van der Waals surface area (Å²) in [7, 11) is -9.90. The van der Waals surface area contributed by atoms with Crippen LogP contribution in [0.15, 0.2) is 0 Å². The Hall–Kier alpha value is -1.94. The number of hydrogen-bond donors (Lipinski definition) is 3. The van der Waals surface area contributed by atoms with Gasteiger partial charge in [-0.25, -0.2) is 9.13 Å². The second-order valence-electron chi connectivity index (χ2n) is 26.5. The molecule has 2 unspecified atom stereocenters. The minimum Gasteiger partial charge on any atom is -0.462 e. The Morgan fingerprint density at radius 1 is 0.297 bits per heavy atom. The number of carbonyl (C=O) groups is 4. The van der Waals surface area contributed by atoms with E-state index in [0.29, 0.717) is 25.7 Å². The van der Waals surface area contributed by atoms with E-state index in [4.69, 9.17) is 37.0 Å². The topological polar surface area (TPSA) is 237 Å². The van der Waals surface area contributed by atoms with Gasteiger partial charge in [0.15, 0.2) is 12.2 Å². The number of hydrogen-bond acceptors (Lipinski definition) is 15. The molecular weight excluding hydrogens is 1200 g/mol. The molecule has 5 atom stereocenters. The fourth-order valence-corrected chi connectivity index (χ4v) is 12.6. The van der Waals surface area contributed by atoms with E-state index in [1.807, 2.05) is 0 Å². The summed E-state index contributed by atoms with van der Waals surface area (Å²) in [6.45, 7) is 7.28. The van der Waals surface area contributed by atoms with Gasteiger partial charge in [-0.3, -0.25) is 37.3 Å². The standard InChI is InChI=1S/C72H140O17P2/c1-6-9-12-15-18-21-24-27-32-36-41-46-51-56-70(75)83-62-68(89-72(77)58-53-48-43-38-33-29-26-28-30-34-39-44-49-54-65(4)5)64-87-91(80,81)85-60-66(73)59-84-90(78,79)86-63-67(61-82-69(74)55-50-45-40-35-23-20-17-14-11-8-3)88-71(76)57-52-47-42-37-31-25-22-19-16-13-10-7-2/h65-68,73H,6-64H2,1-5H3,(H,78,79)(H,80,81)/t66-,67+,68+/m0/s1. The van der Waals surface area contributed by atoms with Crippen LogP contribution in [0.1, 0.15) is 375 Å². The Kier molecular flexibility index (Phi) is 64.0. The number of phosphoric ester groups is 2. The van der Waals surface area contributed by atoms with Gasteiger partial charge in [-0.1, -0.05) is 324 Å². The molecular formula is C72H140O17P2. The smallest absolute Gasteiger partial charge is 0.462 e. The quantitative estimate of drug-likeness (QED) is 0.0222. The highest BCUT2D eigenvalue weighted by Crippen LogP contribution is 2.45. The molecule has 0 saturated heterocycles. The number of esters is 4. The van der Waals surface area contributed by atoms with E-state index < -0.39 is 97.5 Å². The first-order valence-electron chi connectivity index (χ1n) is 37.6. The number of unbranched alkanes of at least 4 members (excludes halogenated alkanes) is 44. The molecule has 3 N–H and O–H groups in total. The van der Waals surface area contributed by atoms with E-state index in [-0.39, 0.29) is 25.7 Å². The Balaban J connectivity index is 5.24. The van der Waals surface area contributed by atoms with E-state index in [0.717, 1.165) is 95.8 Å². The zero-order valence-electron chi connectivity index (χ0n) is 59.0. The number of carbonyl (C=O) groups excluding carboxylic acids is 4. The van der Waals surface area contributed by atoms with Gasteiger partial charge in [-0.05, 0) is 31.6 Å². The maximum atomic E-state index is 13.0. The number of ether oxygens (including phenoxy) is 4. The molecule has 0 aromatic heterocycles. The Labute approximate surface area is 556 Å². The van der Waals surface area contributed by atoms with Crippen molar-refractivity contribution in [1.29, 1.82) is 0 Å². The number of phosphoric acid groups is 2. The van der Waals surface area contributed by atoms with Gasteiger partial charge in [-0.2, -0.15) is 0 Å². The highest BCUT2D eigenvalue weighted by atomic mass is 31.2. The lowest BCUT2D eigenvalue weighted by molar-refractivity contribution is -0.161. The van der Waals surface area contributed by atoms with Crippen LogP contribution in [-0.4, -0.2) is 96.7 Å². The third-order valence-corrected chi connectivity index (χ3v) is 18.7. The predicted octanol–water partition coefficient (Wildman–Crippen LogP) is 20.9. The van der Waals surface area contributed by atoms with Gasteiger partial charge in [-0.15, -0.1) is 0 Å². The second kappa shape index (κ2) is 65.4. The summed E-state index contributed by atoms with van der Waals surface area (Å²) < 4.78 is 68.4. The number of aliphatic hydroxyl groups excluding tert-OH is 1. The molecule has 17 nitrogen and oxygen atoms in total. The molecule has 0 heterocycles. The van der Waals surface area contributed by atoms with Crippen LogP contribution >= 0.6 is 15.6 Å². The molecule has 0 fully saturated rings. The minimum absolute atomic E-state index is 0.108. The summed E-state index contributed by atoms with van der Waals surface area (Å²) in [4.78, 5) is 72.6. The molecule has 91 heavy (non-hydrogen) atoms. The van der Waals surface area contributed by atoms with Crippen molar-refractivity contribution in [3.05, 3.63) is 0 Å². The van der Waals surface area contributed by atoms with Crippen molar-refractivity contribution in [2.75, 3.05) is 39.6 Å². The van der Waals surface area contributed by atoms with Gasteiger partial charge in [0.2, 0.25) is 0 Å². The third kappa shape index (κ3) is 66.5. The van der Waals surface area contributed by atoms with E-state index >= 15 is 0 Å². The van der Waals surface area contributed by atoms with Crippen molar-refractivity contribution in [3.8, 4) is 0 Å². The maximum Gasteiger partial charge on any atom is 0.472 e. The molecule has 0 bridgehead atoms. The first kappa shape index (κ1) is 89.1. The SMILES string of the molecule is CCCCCCCCCCCCCCCC(=O)OC[C@H](COP(=O)(O)OC[C@@H](O)COP(=O)(O)OC[C@@H](COC(=O)CCCCCCCCCCCC)OC(=O)CCCCCCCCCCCCCC)OC(=O)CCCCCCCCCCCCCCCC(C)C. The molecule has 0 amide bonds. The van der Waals surface area contributed by atoms with Crippen LogP contribution in [0.3, 0.4) is 0 Å². The van der Waals surface area contributed by atoms with Crippen LogP contribution in [0.25, 0.3) is 0 Å². The zero-order chi connectivity index (χ0) is 67.0. The predicted molar refractivity (Wildman–Crippen MR) is 368 cm³/mol. The van der Waals surface area contributed by atoms with Crippen molar-refractivity contribution in [3.63, 3.8) is 0 Å². The van der Waals surface area contributed by atoms with Crippen LogP contribution in [0.4, 0.5) is 0 Å². The fourth-order valence-electron chi connectivity index (χ4n) is 11.0. The van der Waals surface area contributed by atoms with Gasteiger partial charge in [0.1, 0.15) is 19.3 Å². The Morgan fingerprint density at radius 3 is 0.747 bits per heavy atom. The summed E-state index contributed by atoms with van der Waals surface area (Å²) in [6, 6.07) is 0. The van der Waals surface area contributed by atoms with Crippen molar-refractivity contribution in [2.24, 2.45) is 5.92 Å². The molecule has 0 aliphatic carbocycles. The maximum absolute atomic E-state index is 13.0. The van der Waals surface area contributed by atoms with Gasteiger partial charge < -0.3 is 33.8 Å². The summed E-state index contributed by atoms with van der Waals surface area (Å²) in [5.74, 6) is -1.33. The van der Waals surface area contributed by atoms with Crippen molar-refractivity contribution in [2.45, 2.75) is 393 Å². The van der Waals surface area contributed by atoms with Crippen LogP contribution in [0, 0.1) is 5.92 Å². The van der Waals surface area contributed by atoms with Crippen molar-refractivity contribution >= 4 is 39.5 Å². The molecule has 0 radical (unpaired) electrons. The summed E-state index contributed by atoms with van der Waals surface area (Å²) in [5, 5.41) is 10.6. The molecule has 540 valence electrons. The van der Waals surface area contributed by atoms with Crippen molar-refractivity contribution in [1.82, 2.24) is 0 Å². The highest BCUT2D eigenvalue weighted by molar-refractivity contribution is 7.47. The highest BCUT2D eigenvalue weighted by Gasteiger charge is 2.30. The normalized spacial score (nSPS) is 14.0. The lowest BCUT2D eigenvalue weighted by Crippen LogP contribution is -2.30. The van der Waals surface area contributed by atoms with Gasteiger partial charge in [0, 0.05) is 25.7 Å². The lowest BCUT2D eigenvalue weighted by atomic mass is 10.0. The largest absolute Gasteiger partial charge is 0.472 e. The Morgan fingerprint density at radius 2 is 0.505 bits per heavy atom. The molecule has 0 rings (SSSR count). The van der Waals surface area contributed by atoms with Crippen LogP contribution in [0.5, 0.6) is 0 Å². The fraction of sp³-hybridized carbons (Fsp3) is 0.944. The lowest BCUT2D eigenvalue weighted by Gasteiger charge is -2.21. The first-order chi connectivity index (χ1) is 44.0. The number of aliphatic hydroxyl groups is 1. The van der Waals surface area contributed by atoms with Crippen LogP contribution in [-0.2, 0) is 65.4 Å². The number of rotatable bonds is 72. The monoisotopic (exact) mass is 1340 g/mol. The van der Waals surface area contributed by atoms with Gasteiger partial charge >= 0.3 is 39.5 Å². The van der Waals surface area contributed by atoms with Gasteiger partial charge in [0.05, 0.1) is 26.4 Å². The second-order valence-corrected chi connectivity index (χ2v) is 29.4. The third-order valence-electron chi connectivity index (χ3n) is 16.8.